The van der Waals surface area contributed by atoms with Crippen molar-refractivity contribution in [2.75, 3.05) is 14.1 Å². The van der Waals surface area contributed by atoms with Gasteiger partial charge in [-0.1, -0.05) is 103 Å². The van der Waals surface area contributed by atoms with Crippen LogP contribution in [0.2, 0.25) is 0 Å². The third-order valence-electron chi connectivity index (χ3n) is 22.3. The van der Waals surface area contributed by atoms with Crippen molar-refractivity contribution >= 4 is 0 Å². The Morgan fingerprint density at radius 1 is 0.259 bits per heavy atom. The summed E-state index contributed by atoms with van der Waals surface area (Å²) in [7, 11) is 5.11. The largest absolute Gasteiger partial charge is 0.286 e. The Labute approximate surface area is 352 Å². The summed E-state index contributed by atoms with van der Waals surface area (Å²) in [4.78, 5) is 5.80. The third-order valence-corrected chi connectivity index (χ3v) is 22.3. The molecular formula is C50H84N8. The highest BCUT2D eigenvalue weighted by Crippen LogP contribution is 2.56. The quantitative estimate of drug-likeness (QED) is 0.152. The zero-order valence-corrected chi connectivity index (χ0v) is 36.7. The van der Waals surface area contributed by atoms with Gasteiger partial charge in [0, 0.05) is 0 Å². The molecule has 0 radical (unpaired) electrons. The monoisotopic (exact) mass is 797 g/mol. The van der Waals surface area contributed by atoms with Gasteiger partial charge in [-0.15, -0.1) is 0 Å². The van der Waals surface area contributed by atoms with Crippen LogP contribution in [0.3, 0.4) is 0 Å². The van der Waals surface area contributed by atoms with Crippen molar-refractivity contribution in [3.05, 3.63) is 0 Å². The molecule has 8 saturated carbocycles. The van der Waals surface area contributed by atoms with Crippen molar-refractivity contribution in [1.82, 2.24) is 41.7 Å². The lowest BCUT2D eigenvalue weighted by molar-refractivity contribution is 0.0489. The molecule has 5 heterocycles. The fourth-order valence-electron chi connectivity index (χ4n) is 19.6. The molecule has 8 nitrogen and oxygen atoms in total. The van der Waals surface area contributed by atoms with Crippen LogP contribution in [0.5, 0.6) is 0 Å². The summed E-state index contributed by atoms with van der Waals surface area (Å²) < 4.78 is 0. The molecule has 8 bridgehead atoms. The highest BCUT2D eigenvalue weighted by molar-refractivity contribution is 5.12. The van der Waals surface area contributed by atoms with E-state index in [4.69, 9.17) is 0 Å². The van der Waals surface area contributed by atoms with Crippen LogP contribution >= 0.6 is 0 Å². The average molecular weight is 797 g/mol. The van der Waals surface area contributed by atoms with Gasteiger partial charge in [0.2, 0.25) is 0 Å². The molecule has 0 amide bonds. The van der Waals surface area contributed by atoms with Gasteiger partial charge in [0.25, 0.3) is 0 Å². The smallest absolute Gasteiger partial charge is 0.0652 e. The van der Waals surface area contributed by atoms with Crippen molar-refractivity contribution in [3.8, 4) is 0 Å². The Balaban J connectivity index is 0.883. The standard InChI is InChI=1S/C50H84N8/c1-57-47-39-23-31-15-7-8-16-32(31)24-40(39)48(57)54-44-36-20-28-12-4-6-14-30(28)22-38(36)46(52-44)56-50-42-26-34-18-10-9-17-33(34)25-41(42)49(58(50)2)55-45-37-21-29-13-5-3-11-27(29)19-35(37)43(51-45)53-47/h27-56H,3-26H2,1-2H3. The van der Waals surface area contributed by atoms with Crippen molar-refractivity contribution in [3.63, 3.8) is 0 Å². The molecule has 0 aromatic rings. The first-order valence-electron chi connectivity index (χ1n) is 26.5. The SMILES string of the molecule is CN1C2NC3NC(NC4C5CC6CCCCC6CC5C(NC5NC(NC1C1CC6CCCCC6CC12)C1CC2CCCCC2CC51)N4C)C1CC2CCCCC2CC31. The minimum Gasteiger partial charge on any atom is -0.286 e. The van der Waals surface area contributed by atoms with E-state index in [2.05, 4.69) is 55.8 Å². The van der Waals surface area contributed by atoms with Gasteiger partial charge in [0.05, 0.1) is 49.3 Å². The molecule has 5 saturated heterocycles. The van der Waals surface area contributed by atoms with Crippen LogP contribution in [0.4, 0.5) is 0 Å². The molecule has 5 aliphatic heterocycles. The van der Waals surface area contributed by atoms with Gasteiger partial charge in [0.1, 0.15) is 0 Å². The molecular weight excluding hydrogens is 713 g/mol. The molecule has 6 N–H and O–H groups in total. The zero-order chi connectivity index (χ0) is 38.2. The van der Waals surface area contributed by atoms with Gasteiger partial charge in [-0.3, -0.25) is 41.7 Å². The number of nitrogens with zero attached hydrogens (tertiary/aromatic N) is 2. The number of nitrogens with one attached hydrogen (secondary N) is 6. The summed E-state index contributed by atoms with van der Waals surface area (Å²) in [5, 5.41) is 27.5. The molecule has 8 heteroatoms. The van der Waals surface area contributed by atoms with Crippen molar-refractivity contribution < 1.29 is 0 Å². The maximum atomic E-state index is 4.63. The fourth-order valence-corrected chi connectivity index (χ4v) is 19.6. The summed E-state index contributed by atoms with van der Waals surface area (Å²) >= 11 is 0. The molecule has 24 atom stereocenters. The maximum absolute atomic E-state index is 4.63. The molecule has 13 fully saturated rings. The topological polar surface area (TPSA) is 78.7 Å². The number of hydrogen-bond acceptors (Lipinski definition) is 8. The van der Waals surface area contributed by atoms with Gasteiger partial charge >= 0.3 is 0 Å². The Hall–Kier alpha value is -0.320. The van der Waals surface area contributed by atoms with E-state index < -0.39 is 0 Å². The van der Waals surface area contributed by atoms with E-state index in [0.717, 1.165) is 94.7 Å². The van der Waals surface area contributed by atoms with Crippen LogP contribution < -0.4 is 31.9 Å². The van der Waals surface area contributed by atoms with Crippen molar-refractivity contribution in [1.29, 1.82) is 0 Å². The zero-order valence-electron chi connectivity index (χ0n) is 36.7. The third kappa shape index (κ3) is 6.21. The minimum atomic E-state index is 0.416. The molecule has 8 aliphatic carbocycles. The van der Waals surface area contributed by atoms with E-state index in [-0.39, 0.29) is 0 Å². The van der Waals surface area contributed by atoms with Gasteiger partial charge in [0.15, 0.2) is 0 Å². The summed E-state index contributed by atoms with van der Waals surface area (Å²) in [6.07, 6.45) is 38.9. The number of fused-ring (bicyclic) bond motifs is 24. The molecule has 0 aromatic heterocycles. The van der Waals surface area contributed by atoms with E-state index in [9.17, 15) is 0 Å². The second kappa shape index (κ2) is 15.2. The predicted molar refractivity (Wildman–Crippen MR) is 231 cm³/mol. The average Bonchev–Trinajstić information content (AvgIpc) is 3.92. The van der Waals surface area contributed by atoms with Crippen LogP contribution in [0.15, 0.2) is 0 Å². The van der Waals surface area contributed by atoms with Crippen LogP contribution in [0.1, 0.15) is 154 Å². The van der Waals surface area contributed by atoms with Gasteiger partial charge in [-0.05, 0) is 160 Å². The minimum absolute atomic E-state index is 0.416. The first-order chi connectivity index (χ1) is 28.5. The van der Waals surface area contributed by atoms with Gasteiger partial charge < -0.3 is 0 Å². The predicted octanol–water partition coefficient (Wildman–Crippen LogP) is 7.39. The van der Waals surface area contributed by atoms with E-state index in [1.807, 2.05) is 0 Å². The van der Waals surface area contributed by atoms with Crippen LogP contribution in [-0.2, 0) is 0 Å². The Bertz CT molecular complexity index is 1280. The van der Waals surface area contributed by atoms with Crippen LogP contribution in [0, 0.1) is 94.7 Å². The molecule has 24 unspecified atom stereocenters. The Morgan fingerprint density at radius 3 is 0.655 bits per heavy atom. The van der Waals surface area contributed by atoms with Gasteiger partial charge in [-0.2, -0.15) is 0 Å². The molecule has 0 spiro atoms. The first-order valence-corrected chi connectivity index (χ1v) is 26.5. The summed E-state index contributed by atoms with van der Waals surface area (Å²) in [5.74, 6) is 13.6. The summed E-state index contributed by atoms with van der Waals surface area (Å²) in [6.45, 7) is 0. The van der Waals surface area contributed by atoms with Gasteiger partial charge in [-0.25, -0.2) is 0 Å². The Kier molecular flexibility index (Phi) is 9.97. The lowest BCUT2D eigenvalue weighted by Crippen LogP contribution is -2.62. The first kappa shape index (κ1) is 38.2. The normalized spacial score (nSPS) is 59.1. The van der Waals surface area contributed by atoms with E-state index in [0.29, 0.717) is 49.3 Å². The van der Waals surface area contributed by atoms with Crippen LogP contribution in [0.25, 0.3) is 0 Å². The molecule has 324 valence electrons. The van der Waals surface area contributed by atoms with E-state index in [1.165, 1.54) is 154 Å². The van der Waals surface area contributed by atoms with E-state index in [1.54, 1.807) is 0 Å². The second-order valence-corrected chi connectivity index (χ2v) is 24.4. The number of rotatable bonds is 0. The van der Waals surface area contributed by atoms with Crippen molar-refractivity contribution in [2.45, 2.75) is 203 Å². The molecule has 0 aromatic carbocycles. The maximum Gasteiger partial charge on any atom is 0.0652 e. The van der Waals surface area contributed by atoms with Crippen LogP contribution in [-0.4, -0.2) is 73.2 Å². The van der Waals surface area contributed by atoms with Crippen molar-refractivity contribution in [2.24, 2.45) is 94.7 Å². The lowest BCUT2D eigenvalue weighted by Gasteiger charge is -2.46. The fraction of sp³-hybridized carbons (Fsp3) is 1.00. The molecule has 13 rings (SSSR count). The molecule has 13 aliphatic rings. The Morgan fingerprint density at radius 2 is 0.448 bits per heavy atom. The second-order valence-electron chi connectivity index (χ2n) is 24.4. The highest BCUT2D eigenvalue weighted by Gasteiger charge is 2.60. The summed E-state index contributed by atoms with van der Waals surface area (Å²) in [6, 6.07) is 0. The molecule has 58 heavy (non-hydrogen) atoms. The highest BCUT2D eigenvalue weighted by atomic mass is 15.5. The summed E-state index contributed by atoms with van der Waals surface area (Å²) in [5.41, 5.74) is 0. The van der Waals surface area contributed by atoms with E-state index >= 15 is 0 Å². The number of hydrogen-bond donors (Lipinski definition) is 6. The lowest BCUT2D eigenvalue weighted by atomic mass is 9.62.